The molecule has 14 heteroatoms. The molecule has 10 nitrogen and oxygen atoms in total. The molecule has 42 heavy (non-hydrogen) atoms. The highest BCUT2D eigenvalue weighted by molar-refractivity contribution is 7.90. The first-order valence-corrected chi connectivity index (χ1v) is 14.8. The van der Waals surface area contributed by atoms with Crippen LogP contribution in [0.3, 0.4) is 0 Å². The predicted molar refractivity (Wildman–Crippen MR) is 156 cm³/mol. The van der Waals surface area contributed by atoms with Crippen molar-refractivity contribution >= 4 is 45.6 Å². The number of halogens is 3. The normalized spacial score (nSPS) is 17.0. The Morgan fingerprint density at radius 1 is 1.24 bits per heavy atom. The van der Waals surface area contributed by atoms with E-state index in [1.54, 1.807) is 30.4 Å². The number of benzene rings is 1. The van der Waals surface area contributed by atoms with Gasteiger partial charge in [-0.3, -0.25) is 9.89 Å². The highest BCUT2D eigenvalue weighted by atomic mass is 32.2. The van der Waals surface area contributed by atoms with Gasteiger partial charge < -0.3 is 16.0 Å². The average molecular weight is 602 g/mol. The Morgan fingerprint density at radius 2 is 2.00 bits per heavy atom. The number of urea groups is 1. The second kappa shape index (κ2) is 12.2. The summed E-state index contributed by atoms with van der Waals surface area (Å²) in [5.41, 5.74) is -0.708. The first-order valence-electron chi connectivity index (χ1n) is 12.9. The van der Waals surface area contributed by atoms with Gasteiger partial charge in [-0.2, -0.15) is 18.2 Å². The number of sulfone groups is 1. The van der Waals surface area contributed by atoms with Crippen LogP contribution in [0, 0.1) is 0 Å². The molecule has 1 saturated heterocycles. The molecule has 2 aliphatic rings. The van der Waals surface area contributed by atoms with E-state index >= 15 is 0 Å². The Labute approximate surface area is 241 Å². The molecule has 0 unspecified atom stereocenters. The van der Waals surface area contributed by atoms with Gasteiger partial charge in [0.05, 0.1) is 10.6 Å². The first kappa shape index (κ1) is 30.5. The van der Waals surface area contributed by atoms with Crippen molar-refractivity contribution in [1.82, 2.24) is 20.2 Å². The van der Waals surface area contributed by atoms with E-state index in [0.29, 0.717) is 24.4 Å². The summed E-state index contributed by atoms with van der Waals surface area (Å²) in [4.78, 5) is 26.5. The summed E-state index contributed by atoms with van der Waals surface area (Å²) in [5, 5.41) is 8.18. The summed E-state index contributed by atoms with van der Waals surface area (Å²) in [6.45, 7) is 8.58. The van der Waals surface area contributed by atoms with Gasteiger partial charge in [-0.25, -0.2) is 18.2 Å². The third-order valence-electron chi connectivity index (χ3n) is 6.58. The SMILES string of the molecule is C=C/C(=C\C=C\C=Nc1c(C=C)nc(NCc2cccc(S(C)(=O)=O)c2)nc1NC1(C(F)(F)F)CC1)N1CCNC1=O. The van der Waals surface area contributed by atoms with Gasteiger partial charge in [0.15, 0.2) is 15.7 Å². The lowest BCUT2D eigenvalue weighted by Gasteiger charge is -2.23. The Bertz CT molecular complexity index is 1580. The lowest BCUT2D eigenvalue weighted by atomic mass is 10.2. The van der Waals surface area contributed by atoms with Gasteiger partial charge >= 0.3 is 12.2 Å². The number of nitrogens with zero attached hydrogens (tertiary/aromatic N) is 4. The molecule has 0 atom stereocenters. The standard InChI is InChI=1S/C28H30F3N7O3S/c1-4-20(38-16-15-33-26(38)39)10-6-7-14-32-23-22(5-2)35-25(36-24(23)37-27(12-13-27)28(29,30)31)34-18-19-9-8-11-21(17-19)42(3,40)41/h4-11,14,17H,1-2,12-13,15-16,18H2,3H3,(H,33,39)(H2,34,35,36,37)/b7-6+,20-10+,32-14?. The molecule has 1 saturated carbocycles. The second-order valence-corrected chi connectivity index (χ2v) is 11.7. The van der Waals surface area contributed by atoms with Crippen LogP contribution < -0.4 is 16.0 Å². The number of alkyl halides is 3. The van der Waals surface area contributed by atoms with Crippen LogP contribution in [0.25, 0.3) is 6.08 Å². The molecule has 2 amide bonds. The Balaban J connectivity index is 1.62. The van der Waals surface area contributed by atoms with Crippen molar-refractivity contribution in [3.8, 4) is 0 Å². The zero-order chi connectivity index (χ0) is 30.5. The molecule has 1 aliphatic carbocycles. The molecular weight excluding hydrogens is 571 g/mol. The van der Waals surface area contributed by atoms with E-state index in [1.165, 1.54) is 35.4 Å². The maximum Gasteiger partial charge on any atom is 0.411 e. The molecule has 0 radical (unpaired) electrons. The van der Waals surface area contributed by atoms with Crippen LogP contribution in [0.2, 0.25) is 0 Å². The number of aliphatic imine (C=N–C) groups is 1. The van der Waals surface area contributed by atoms with Gasteiger partial charge in [-0.1, -0.05) is 31.4 Å². The summed E-state index contributed by atoms with van der Waals surface area (Å²) in [7, 11) is -3.42. The minimum atomic E-state index is -4.51. The summed E-state index contributed by atoms with van der Waals surface area (Å²) < 4.78 is 65.3. The summed E-state index contributed by atoms with van der Waals surface area (Å²) in [6.07, 6.45) is 5.43. The number of rotatable bonds is 12. The van der Waals surface area contributed by atoms with Crippen LogP contribution in [0.1, 0.15) is 24.1 Å². The smallest absolute Gasteiger partial charge is 0.354 e. The monoisotopic (exact) mass is 601 g/mol. The number of carbonyl (C=O) groups is 1. The van der Waals surface area contributed by atoms with Crippen molar-refractivity contribution in [2.24, 2.45) is 4.99 Å². The van der Waals surface area contributed by atoms with Crippen molar-refractivity contribution in [2.75, 3.05) is 30.0 Å². The van der Waals surface area contributed by atoms with Crippen LogP contribution in [0.4, 0.5) is 35.4 Å². The highest BCUT2D eigenvalue weighted by Crippen LogP contribution is 2.52. The van der Waals surface area contributed by atoms with Crippen molar-refractivity contribution in [3.63, 3.8) is 0 Å². The topological polar surface area (TPSA) is 129 Å². The highest BCUT2D eigenvalue weighted by Gasteiger charge is 2.64. The first-order chi connectivity index (χ1) is 19.9. The third-order valence-corrected chi connectivity index (χ3v) is 7.69. The fraction of sp³-hybridized carbons (Fsp3) is 0.286. The Hall–Kier alpha value is -4.46. The zero-order valence-corrected chi connectivity index (χ0v) is 23.6. The molecule has 222 valence electrons. The van der Waals surface area contributed by atoms with Crippen molar-refractivity contribution in [1.29, 1.82) is 0 Å². The quantitative estimate of drug-likeness (QED) is 0.231. The molecule has 1 aliphatic heterocycles. The minimum Gasteiger partial charge on any atom is -0.354 e. The van der Waals surface area contributed by atoms with Crippen molar-refractivity contribution in [3.05, 3.63) is 78.7 Å². The predicted octanol–water partition coefficient (Wildman–Crippen LogP) is 5.00. The van der Waals surface area contributed by atoms with Gasteiger partial charge in [-0.05, 0) is 54.8 Å². The Kier molecular flexibility index (Phi) is 8.85. The molecule has 1 aromatic heterocycles. The number of hydrogen-bond donors (Lipinski definition) is 3. The van der Waals surface area contributed by atoms with E-state index in [1.807, 2.05) is 0 Å². The van der Waals surface area contributed by atoms with Crippen molar-refractivity contribution < 1.29 is 26.4 Å². The number of allylic oxidation sites excluding steroid dienone is 4. The number of carbonyl (C=O) groups excluding carboxylic acids is 1. The average Bonchev–Trinajstić information content (AvgIpc) is 3.62. The van der Waals surface area contributed by atoms with Gasteiger partial charge in [0.1, 0.15) is 11.2 Å². The van der Waals surface area contributed by atoms with E-state index in [-0.39, 0.29) is 53.5 Å². The summed E-state index contributed by atoms with van der Waals surface area (Å²) >= 11 is 0. The molecule has 4 rings (SSSR count). The van der Waals surface area contributed by atoms with Crippen LogP contribution in [0.15, 0.2) is 77.3 Å². The van der Waals surface area contributed by atoms with Gasteiger partial charge in [-0.15, -0.1) is 0 Å². The van der Waals surface area contributed by atoms with E-state index in [2.05, 4.69) is 44.1 Å². The van der Waals surface area contributed by atoms with E-state index in [4.69, 9.17) is 0 Å². The molecule has 2 aromatic rings. The van der Waals surface area contributed by atoms with Gasteiger partial charge in [0.2, 0.25) is 5.95 Å². The number of nitrogens with one attached hydrogen (secondary N) is 3. The van der Waals surface area contributed by atoms with E-state index in [9.17, 15) is 26.4 Å². The second-order valence-electron chi connectivity index (χ2n) is 9.65. The lowest BCUT2D eigenvalue weighted by molar-refractivity contribution is -0.151. The molecule has 0 bridgehead atoms. The number of aromatic nitrogens is 2. The van der Waals surface area contributed by atoms with Crippen molar-refractivity contribution in [2.45, 2.75) is 36.0 Å². The van der Waals surface area contributed by atoms with Crippen LogP contribution in [-0.4, -0.2) is 66.6 Å². The van der Waals surface area contributed by atoms with E-state index in [0.717, 1.165) is 6.26 Å². The molecule has 1 aromatic carbocycles. The number of amides is 2. The van der Waals surface area contributed by atoms with Crippen LogP contribution in [0.5, 0.6) is 0 Å². The summed E-state index contributed by atoms with van der Waals surface area (Å²) in [6, 6.07) is 6.02. The lowest BCUT2D eigenvalue weighted by Crippen LogP contribution is -2.39. The third kappa shape index (κ3) is 7.05. The van der Waals surface area contributed by atoms with Gasteiger partial charge in [0.25, 0.3) is 0 Å². The molecule has 3 N–H and O–H groups in total. The Morgan fingerprint density at radius 3 is 2.60 bits per heavy atom. The number of anilines is 2. The van der Waals surface area contributed by atoms with Gasteiger partial charge in [0, 0.05) is 37.8 Å². The zero-order valence-electron chi connectivity index (χ0n) is 22.8. The number of hydrogen-bond acceptors (Lipinski definition) is 8. The van der Waals surface area contributed by atoms with E-state index < -0.39 is 21.6 Å². The molecule has 0 spiro atoms. The molecular formula is C28H30F3N7O3S. The van der Waals surface area contributed by atoms with Crippen LogP contribution >= 0.6 is 0 Å². The molecule has 2 heterocycles. The largest absolute Gasteiger partial charge is 0.411 e. The maximum absolute atomic E-state index is 13.8. The molecule has 2 fully saturated rings. The summed E-state index contributed by atoms with van der Waals surface area (Å²) in [5.74, 6) is -0.130. The maximum atomic E-state index is 13.8. The van der Waals surface area contributed by atoms with Crippen LogP contribution in [-0.2, 0) is 16.4 Å². The fourth-order valence-electron chi connectivity index (χ4n) is 4.11. The fourth-order valence-corrected chi connectivity index (χ4v) is 4.80. The minimum absolute atomic E-state index is 0.00655.